The highest BCUT2D eigenvalue weighted by atomic mass is 16.3. The molecule has 1 unspecified atom stereocenters. The van der Waals surface area contributed by atoms with E-state index in [9.17, 15) is 4.79 Å². The minimum Gasteiger partial charge on any atom is -0.396 e. The van der Waals surface area contributed by atoms with E-state index in [4.69, 9.17) is 5.11 Å². The third-order valence-corrected chi connectivity index (χ3v) is 3.82. The molecule has 3 N–H and O–H groups in total. The Labute approximate surface area is 131 Å². The normalized spacial score (nSPS) is 12.1. The van der Waals surface area contributed by atoms with Gasteiger partial charge < -0.3 is 15.7 Å². The van der Waals surface area contributed by atoms with Gasteiger partial charge in [-0.1, -0.05) is 49.7 Å². The van der Waals surface area contributed by atoms with E-state index < -0.39 is 0 Å². The smallest absolute Gasteiger partial charge is 0.319 e. The van der Waals surface area contributed by atoms with Gasteiger partial charge in [-0.05, 0) is 30.2 Å². The lowest BCUT2D eigenvalue weighted by Crippen LogP contribution is -2.33. The van der Waals surface area contributed by atoms with Crippen LogP contribution in [0.5, 0.6) is 0 Å². The van der Waals surface area contributed by atoms with Gasteiger partial charge in [0.15, 0.2) is 0 Å². The van der Waals surface area contributed by atoms with Crippen LogP contribution in [-0.4, -0.2) is 24.3 Å². The minimum absolute atomic E-state index is 0.164. The van der Waals surface area contributed by atoms with Crippen LogP contribution in [0.1, 0.15) is 26.2 Å². The number of carbonyl (C=O) groups is 1. The third-order valence-electron chi connectivity index (χ3n) is 3.82. The molecule has 0 aliphatic rings. The summed E-state index contributed by atoms with van der Waals surface area (Å²) in [6.45, 7) is 2.86. The summed E-state index contributed by atoms with van der Waals surface area (Å²) < 4.78 is 0. The Morgan fingerprint density at radius 1 is 1.14 bits per heavy atom. The topological polar surface area (TPSA) is 61.4 Å². The maximum atomic E-state index is 12.1. The summed E-state index contributed by atoms with van der Waals surface area (Å²) in [5.41, 5.74) is 0.810. The van der Waals surface area contributed by atoms with E-state index in [2.05, 4.69) is 17.6 Å². The number of aliphatic hydroxyl groups excluding tert-OH is 1. The molecule has 0 spiro atoms. The summed E-state index contributed by atoms with van der Waals surface area (Å²) in [5.74, 6) is 0.327. The zero-order valence-electron chi connectivity index (χ0n) is 13.0. The van der Waals surface area contributed by atoms with Crippen molar-refractivity contribution in [1.82, 2.24) is 5.32 Å². The number of hydrogen-bond donors (Lipinski definition) is 3. The number of aliphatic hydroxyl groups is 1. The Kier molecular flexibility index (Phi) is 6.22. The van der Waals surface area contributed by atoms with Crippen molar-refractivity contribution in [1.29, 1.82) is 0 Å². The number of hydrogen-bond acceptors (Lipinski definition) is 2. The molecular weight excluding hydrogens is 276 g/mol. The molecule has 2 aromatic rings. The number of amides is 2. The molecule has 2 rings (SSSR count). The van der Waals surface area contributed by atoms with Crippen molar-refractivity contribution in [3.63, 3.8) is 0 Å². The van der Waals surface area contributed by atoms with Gasteiger partial charge in [-0.25, -0.2) is 4.79 Å². The average Bonchev–Trinajstić information content (AvgIpc) is 2.53. The Morgan fingerprint density at radius 3 is 2.68 bits per heavy atom. The van der Waals surface area contributed by atoms with Crippen LogP contribution in [0.2, 0.25) is 0 Å². The van der Waals surface area contributed by atoms with Gasteiger partial charge in [0.1, 0.15) is 0 Å². The number of nitrogens with one attached hydrogen (secondary N) is 2. The van der Waals surface area contributed by atoms with Crippen LogP contribution >= 0.6 is 0 Å². The highest BCUT2D eigenvalue weighted by Crippen LogP contribution is 2.22. The zero-order chi connectivity index (χ0) is 15.8. The molecular formula is C18H24N2O2. The maximum absolute atomic E-state index is 12.1. The number of benzene rings is 2. The van der Waals surface area contributed by atoms with Gasteiger partial charge in [-0.2, -0.15) is 0 Å². The largest absolute Gasteiger partial charge is 0.396 e. The number of fused-ring (bicyclic) bond motifs is 1. The van der Waals surface area contributed by atoms with E-state index in [1.165, 1.54) is 0 Å². The monoisotopic (exact) mass is 300 g/mol. The maximum Gasteiger partial charge on any atom is 0.319 e. The molecule has 4 heteroatoms. The quantitative estimate of drug-likeness (QED) is 0.729. The third kappa shape index (κ3) is 4.46. The zero-order valence-corrected chi connectivity index (χ0v) is 13.0. The number of rotatable bonds is 7. The molecule has 2 aromatic carbocycles. The van der Waals surface area contributed by atoms with E-state index in [1.807, 2.05) is 42.5 Å². The molecule has 2 amide bonds. The second-order valence-electron chi connectivity index (χ2n) is 5.53. The predicted octanol–water partition coefficient (Wildman–Crippen LogP) is 3.76. The number of carbonyl (C=O) groups excluding carboxylic acids is 1. The molecule has 0 saturated carbocycles. The summed E-state index contributed by atoms with van der Waals surface area (Å²) in [7, 11) is 0. The second-order valence-corrected chi connectivity index (χ2v) is 5.53. The lowest BCUT2D eigenvalue weighted by atomic mass is 10.0. The minimum atomic E-state index is -0.199. The van der Waals surface area contributed by atoms with E-state index in [0.29, 0.717) is 12.5 Å². The Morgan fingerprint density at radius 2 is 1.91 bits per heavy atom. The summed E-state index contributed by atoms with van der Waals surface area (Å²) in [4.78, 5) is 12.1. The molecule has 0 aromatic heterocycles. The molecule has 1 atom stereocenters. The van der Waals surface area contributed by atoms with Crippen molar-refractivity contribution in [2.24, 2.45) is 5.92 Å². The highest BCUT2D eigenvalue weighted by molar-refractivity contribution is 6.01. The van der Waals surface area contributed by atoms with E-state index in [-0.39, 0.29) is 12.6 Å². The van der Waals surface area contributed by atoms with Crippen molar-refractivity contribution in [2.75, 3.05) is 18.5 Å². The Balaban J connectivity index is 1.96. The number of anilines is 1. The van der Waals surface area contributed by atoms with Crippen molar-refractivity contribution in [3.05, 3.63) is 42.5 Å². The first kappa shape index (κ1) is 16.3. The van der Waals surface area contributed by atoms with Gasteiger partial charge in [0.25, 0.3) is 0 Å². The van der Waals surface area contributed by atoms with Crippen LogP contribution in [0.15, 0.2) is 42.5 Å². The standard InChI is InChI=1S/C18H24N2O2/c1-2-6-14(11-12-21)13-19-18(22)20-17-10-5-8-15-7-3-4-9-16(15)17/h3-5,7-10,14,21H,2,6,11-13H2,1H3,(H2,19,20,22). The fourth-order valence-electron chi connectivity index (χ4n) is 2.68. The van der Waals surface area contributed by atoms with Gasteiger partial charge in [-0.3, -0.25) is 0 Å². The van der Waals surface area contributed by atoms with Gasteiger partial charge in [0.2, 0.25) is 0 Å². The summed E-state index contributed by atoms with van der Waals surface area (Å²) in [5, 5.41) is 17.0. The number of urea groups is 1. The first-order chi connectivity index (χ1) is 10.7. The molecule has 0 aliphatic carbocycles. The van der Waals surface area contributed by atoms with Crippen LogP contribution in [0.25, 0.3) is 10.8 Å². The lowest BCUT2D eigenvalue weighted by Gasteiger charge is -2.16. The first-order valence-corrected chi connectivity index (χ1v) is 7.88. The average molecular weight is 300 g/mol. The van der Waals surface area contributed by atoms with Crippen LogP contribution < -0.4 is 10.6 Å². The van der Waals surface area contributed by atoms with Crippen LogP contribution in [0, 0.1) is 5.92 Å². The Bertz CT molecular complexity index is 602. The summed E-state index contributed by atoms with van der Waals surface area (Å²) >= 11 is 0. The Hall–Kier alpha value is -2.07. The molecule has 0 radical (unpaired) electrons. The highest BCUT2D eigenvalue weighted by Gasteiger charge is 2.10. The van der Waals surface area contributed by atoms with Crippen LogP contribution in [0.4, 0.5) is 10.5 Å². The molecule has 0 bridgehead atoms. The second kappa shape index (κ2) is 8.39. The summed E-state index contributed by atoms with van der Waals surface area (Å²) in [6, 6.07) is 13.6. The van der Waals surface area contributed by atoms with E-state index in [1.54, 1.807) is 0 Å². The van der Waals surface area contributed by atoms with Gasteiger partial charge >= 0.3 is 6.03 Å². The van der Waals surface area contributed by atoms with Gasteiger partial charge in [0, 0.05) is 18.5 Å². The molecule has 118 valence electrons. The SMILES string of the molecule is CCCC(CCO)CNC(=O)Nc1cccc2ccccc12. The van der Waals surface area contributed by atoms with Crippen LogP contribution in [0.3, 0.4) is 0 Å². The molecule has 0 fully saturated rings. The fourth-order valence-corrected chi connectivity index (χ4v) is 2.68. The lowest BCUT2D eigenvalue weighted by molar-refractivity contribution is 0.237. The first-order valence-electron chi connectivity index (χ1n) is 7.88. The van der Waals surface area contributed by atoms with E-state index >= 15 is 0 Å². The molecule has 22 heavy (non-hydrogen) atoms. The molecule has 0 aliphatic heterocycles. The summed E-state index contributed by atoms with van der Waals surface area (Å²) in [6.07, 6.45) is 2.79. The van der Waals surface area contributed by atoms with Crippen LogP contribution in [-0.2, 0) is 0 Å². The van der Waals surface area contributed by atoms with Crippen molar-refractivity contribution >= 4 is 22.5 Å². The van der Waals surface area contributed by atoms with Crippen molar-refractivity contribution in [2.45, 2.75) is 26.2 Å². The predicted molar refractivity (Wildman–Crippen MR) is 91.1 cm³/mol. The molecule has 0 heterocycles. The molecule has 0 saturated heterocycles. The fraction of sp³-hybridized carbons (Fsp3) is 0.389. The van der Waals surface area contributed by atoms with E-state index in [0.717, 1.165) is 35.7 Å². The van der Waals surface area contributed by atoms with Crippen molar-refractivity contribution < 1.29 is 9.90 Å². The molecule has 4 nitrogen and oxygen atoms in total. The van der Waals surface area contributed by atoms with Crippen molar-refractivity contribution in [3.8, 4) is 0 Å². The van der Waals surface area contributed by atoms with Gasteiger partial charge in [0.05, 0.1) is 5.69 Å². The van der Waals surface area contributed by atoms with Gasteiger partial charge in [-0.15, -0.1) is 0 Å².